The van der Waals surface area contributed by atoms with Crippen LogP contribution in [-0.4, -0.2) is 11.5 Å². The van der Waals surface area contributed by atoms with Crippen molar-refractivity contribution in [1.29, 1.82) is 0 Å². The molecule has 2 aromatic rings. The second kappa shape index (κ2) is 5.76. The van der Waals surface area contributed by atoms with Crippen LogP contribution in [0.15, 0.2) is 36.5 Å². The first-order valence-electron chi connectivity index (χ1n) is 8.20. The van der Waals surface area contributed by atoms with Gasteiger partial charge < -0.3 is 5.32 Å². The monoisotopic (exact) mass is 282 g/mol. The van der Waals surface area contributed by atoms with E-state index >= 15 is 0 Å². The summed E-state index contributed by atoms with van der Waals surface area (Å²) in [6.45, 7) is 8.07. The van der Waals surface area contributed by atoms with Crippen LogP contribution in [0.25, 0.3) is 10.9 Å². The molecule has 112 valence electrons. The molecule has 2 unspecified atom stereocenters. The van der Waals surface area contributed by atoms with Crippen LogP contribution in [0.4, 0.5) is 0 Å². The van der Waals surface area contributed by atoms with Gasteiger partial charge in [0.2, 0.25) is 0 Å². The van der Waals surface area contributed by atoms with Crippen LogP contribution in [0.5, 0.6) is 0 Å². The zero-order valence-corrected chi connectivity index (χ0v) is 13.4. The topological polar surface area (TPSA) is 24.9 Å². The van der Waals surface area contributed by atoms with Gasteiger partial charge in [-0.2, -0.15) is 0 Å². The van der Waals surface area contributed by atoms with Gasteiger partial charge >= 0.3 is 0 Å². The molecule has 2 atom stereocenters. The van der Waals surface area contributed by atoms with Crippen molar-refractivity contribution in [2.75, 3.05) is 6.54 Å². The quantitative estimate of drug-likeness (QED) is 0.878. The van der Waals surface area contributed by atoms with Crippen molar-refractivity contribution in [3.63, 3.8) is 0 Å². The highest BCUT2D eigenvalue weighted by molar-refractivity contribution is 5.82. The summed E-state index contributed by atoms with van der Waals surface area (Å²) in [4.78, 5) is 4.52. The van der Waals surface area contributed by atoms with E-state index in [1.807, 2.05) is 6.20 Å². The van der Waals surface area contributed by atoms with E-state index in [-0.39, 0.29) is 0 Å². The molecule has 1 N–H and O–H groups in total. The van der Waals surface area contributed by atoms with Gasteiger partial charge in [-0.3, -0.25) is 4.98 Å². The molecule has 0 spiro atoms. The molecule has 0 saturated heterocycles. The average Bonchev–Trinajstić information content (AvgIpc) is 2.84. The van der Waals surface area contributed by atoms with Gasteiger partial charge in [-0.15, -0.1) is 0 Å². The van der Waals surface area contributed by atoms with E-state index in [0.29, 0.717) is 17.4 Å². The molecule has 0 bridgehead atoms. The number of pyridine rings is 1. The van der Waals surface area contributed by atoms with Gasteiger partial charge in [-0.05, 0) is 48.4 Å². The Bertz CT molecular complexity index is 612. The Labute approximate surface area is 128 Å². The Balaban J connectivity index is 2.07. The fourth-order valence-corrected chi connectivity index (χ4v) is 4.06. The summed E-state index contributed by atoms with van der Waals surface area (Å²) < 4.78 is 0. The highest BCUT2D eigenvalue weighted by Gasteiger charge is 2.40. The molecule has 1 aliphatic rings. The molecule has 2 heteroatoms. The fraction of sp³-hybridized carbons (Fsp3) is 0.526. The van der Waals surface area contributed by atoms with E-state index in [2.05, 4.69) is 61.4 Å². The van der Waals surface area contributed by atoms with Gasteiger partial charge in [-0.1, -0.05) is 45.4 Å². The predicted molar refractivity (Wildman–Crippen MR) is 89.3 cm³/mol. The van der Waals surface area contributed by atoms with Crippen LogP contribution in [0.1, 0.15) is 51.6 Å². The maximum Gasteiger partial charge on any atom is 0.0705 e. The zero-order valence-electron chi connectivity index (χ0n) is 13.4. The summed E-state index contributed by atoms with van der Waals surface area (Å²) >= 11 is 0. The van der Waals surface area contributed by atoms with Crippen LogP contribution >= 0.6 is 0 Å². The molecule has 1 aliphatic carbocycles. The Hall–Kier alpha value is -1.41. The van der Waals surface area contributed by atoms with Gasteiger partial charge in [0, 0.05) is 17.6 Å². The molecule has 3 rings (SSSR count). The smallest absolute Gasteiger partial charge is 0.0705 e. The molecule has 1 fully saturated rings. The third kappa shape index (κ3) is 2.69. The molecule has 0 radical (unpaired) electrons. The van der Waals surface area contributed by atoms with Crippen molar-refractivity contribution < 1.29 is 0 Å². The lowest BCUT2D eigenvalue weighted by Crippen LogP contribution is -2.34. The summed E-state index contributed by atoms with van der Waals surface area (Å²) in [5.74, 6) is 0.697. The predicted octanol–water partition coefficient (Wildman–Crippen LogP) is 4.71. The maximum absolute atomic E-state index is 4.52. The number of benzene rings is 1. The van der Waals surface area contributed by atoms with Gasteiger partial charge in [0.25, 0.3) is 0 Å². The van der Waals surface area contributed by atoms with Crippen molar-refractivity contribution in [2.45, 2.75) is 46.1 Å². The molecule has 21 heavy (non-hydrogen) atoms. The lowest BCUT2D eigenvalue weighted by atomic mass is 9.75. The Morgan fingerprint density at radius 3 is 2.86 bits per heavy atom. The normalized spacial score (nSPS) is 22.5. The van der Waals surface area contributed by atoms with Crippen molar-refractivity contribution in [3.8, 4) is 0 Å². The molecule has 1 aromatic heterocycles. The number of hydrogen-bond acceptors (Lipinski definition) is 2. The third-order valence-corrected chi connectivity index (χ3v) is 5.18. The first-order chi connectivity index (χ1) is 10.1. The fourth-order valence-electron chi connectivity index (χ4n) is 4.06. The summed E-state index contributed by atoms with van der Waals surface area (Å²) in [7, 11) is 0. The molecular weight excluding hydrogens is 256 g/mol. The van der Waals surface area contributed by atoms with Crippen LogP contribution in [0, 0.1) is 11.3 Å². The van der Waals surface area contributed by atoms with Crippen LogP contribution < -0.4 is 5.32 Å². The number of nitrogens with zero attached hydrogens (tertiary/aromatic N) is 1. The highest BCUT2D eigenvalue weighted by atomic mass is 14.9. The Morgan fingerprint density at radius 1 is 1.29 bits per heavy atom. The summed E-state index contributed by atoms with van der Waals surface area (Å²) in [6.07, 6.45) is 5.89. The lowest BCUT2D eigenvalue weighted by Gasteiger charge is -2.35. The molecule has 2 nitrogen and oxygen atoms in total. The second-order valence-electron chi connectivity index (χ2n) is 6.94. The number of rotatable bonds is 4. The maximum atomic E-state index is 4.52. The van der Waals surface area contributed by atoms with Crippen LogP contribution in [0.2, 0.25) is 0 Å². The molecule has 1 heterocycles. The zero-order chi connectivity index (χ0) is 14.9. The first kappa shape index (κ1) is 14.5. The lowest BCUT2D eigenvalue weighted by molar-refractivity contribution is 0.200. The number of nitrogens with one attached hydrogen (secondary N) is 1. The summed E-state index contributed by atoms with van der Waals surface area (Å²) in [6, 6.07) is 11.2. The Kier molecular flexibility index (Phi) is 3.99. The Morgan fingerprint density at radius 2 is 2.14 bits per heavy atom. The number of fused-ring (bicyclic) bond motifs is 1. The molecule has 1 saturated carbocycles. The standard InChI is InChI=1S/C19H26N2/c1-4-20-18(16-10-6-12-19(16,2)3)15-8-5-11-17-14(15)9-7-13-21-17/h5,7-9,11,13,16,18,20H,4,6,10,12H2,1-3H3. The average molecular weight is 282 g/mol. The molecular formula is C19H26N2. The largest absolute Gasteiger partial charge is 0.310 e. The molecule has 1 aromatic carbocycles. The number of aromatic nitrogens is 1. The van der Waals surface area contributed by atoms with E-state index < -0.39 is 0 Å². The van der Waals surface area contributed by atoms with Crippen molar-refractivity contribution >= 4 is 10.9 Å². The van der Waals surface area contributed by atoms with Crippen molar-refractivity contribution in [3.05, 3.63) is 42.1 Å². The van der Waals surface area contributed by atoms with Crippen LogP contribution in [-0.2, 0) is 0 Å². The minimum absolute atomic E-state index is 0.414. The van der Waals surface area contributed by atoms with Gasteiger partial charge in [0.05, 0.1) is 5.52 Å². The van der Waals surface area contributed by atoms with E-state index in [9.17, 15) is 0 Å². The minimum atomic E-state index is 0.414. The third-order valence-electron chi connectivity index (χ3n) is 5.18. The van der Waals surface area contributed by atoms with E-state index in [1.54, 1.807) is 0 Å². The first-order valence-corrected chi connectivity index (χ1v) is 8.20. The second-order valence-corrected chi connectivity index (χ2v) is 6.94. The van der Waals surface area contributed by atoms with Crippen molar-refractivity contribution in [1.82, 2.24) is 10.3 Å². The van der Waals surface area contributed by atoms with Gasteiger partial charge in [0.15, 0.2) is 0 Å². The molecule has 0 amide bonds. The van der Waals surface area contributed by atoms with Crippen LogP contribution in [0.3, 0.4) is 0 Å². The van der Waals surface area contributed by atoms with Gasteiger partial charge in [0.1, 0.15) is 0 Å². The SMILES string of the molecule is CCNC(c1cccc2ncccc12)C1CCCC1(C)C. The highest BCUT2D eigenvalue weighted by Crippen LogP contribution is 2.49. The molecule has 0 aliphatic heterocycles. The number of hydrogen-bond donors (Lipinski definition) is 1. The minimum Gasteiger partial charge on any atom is -0.310 e. The van der Waals surface area contributed by atoms with E-state index in [4.69, 9.17) is 0 Å². The van der Waals surface area contributed by atoms with E-state index in [0.717, 1.165) is 12.1 Å². The summed E-state index contributed by atoms with van der Waals surface area (Å²) in [5.41, 5.74) is 2.94. The van der Waals surface area contributed by atoms with Crippen molar-refractivity contribution in [2.24, 2.45) is 11.3 Å². The van der Waals surface area contributed by atoms with Gasteiger partial charge in [-0.25, -0.2) is 0 Å². The summed E-state index contributed by atoms with van der Waals surface area (Å²) in [5, 5.41) is 5.06. The van der Waals surface area contributed by atoms with E-state index in [1.165, 1.54) is 30.2 Å².